The molecule has 0 aromatic carbocycles. The number of aliphatic carboxylic acids is 2. The van der Waals surface area contributed by atoms with Gasteiger partial charge in [0.2, 0.25) is 0 Å². The van der Waals surface area contributed by atoms with Crippen LogP contribution < -0.4 is 5.32 Å². The molecule has 0 saturated carbocycles. The largest absolute Gasteiger partial charge is 0.481 e. The van der Waals surface area contributed by atoms with Crippen molar-refractivity contribution >= 4 is 17.8 Å². The molecule has 0 radical (unpaired) electrons. The standard InChI is InChI=1S/C12H17N3O5/c1-7-8(6-13-15(7)2)11(18)14-9(12(19)20)4-3-5-10(16)17/h6,9H,3-5H2,1-2H3,(H,14,18)(H,16,17)(H,19,20)/t9-/m1/s1. The van der Waals surface area contributed by atoms with Crippen LogP contribution in [-0.4, -0.2) is 43.9 Å². The van der Waals surface area contributed by atoms with Gasteiger partial charge in [-0.15, -0.1) is 0 Å². The number of carbonyl (C=O) groups is 3. The molecule has 8 heteroatoms. The summed E-state index contributed by atoms with van der Waals surface area (Å²) in [5, 5.41) is 23.8. The zero-order chi connectivity index (χ0) is 15.3. The number of nitrogens with one attached hydrogen (secondary N) is 1. The van der Waals surface area contributed by atoms with Gasteiger partial charge < -0.3 is 15.5 Å². The normalized spacial score (nSPS) is 11.9. The van der Waals surface area contributed by atoms with E-state index in [1.54, 1.807) is 14.0 Å². The zero-order valence-electron chi connectivity index (χ0n) is 11.3. The summed E-state index contributed by atoms with van der Waals surface area (Å²) in [5.41, 5.74) is 0.925. The molecule has 1 heterocycles. The molecule has 0 spiro atoms. The maximum atomic E-state index is 11.9. The van der Waals surface area contributed by atoms with Crippen molar-refractivity contribution < 1.29 is 24.6 Å². The maximum absolute atomic E-state index is 11.9. The van der Waals surface area contributed by atoms with E-state index in [0.29, 0.717) is 11.3 Å². The second kappa shape index (κ2) is 6.69. The number of carboxylic acid groups (broad SMARTS) is 2. The Morgan fingerprint density at radius 3 is 2.50 bits per heavy atom. The number of nitrogens with zero attached hydrogens (tertiary/aromatic N) is 2. The first kappa shape index (κ1) is 15.7. The van der Waals surface area contributed by atoms with E-state index in [1.807, 2.05) is 0 Å². The average Bonchev–Trinajstić information content (AvgIpc) is 2.68. The molecule has 0 saturated heterocycles. The van der Waals surface area contributed by atoms with Crippen molar-refractivity contribution in [2.75, 3.05) is 0 Å². The Kier molecular flexibility index (Phi) is 5.24. The van der Waals surface area contributed by atoms with Gasteiger partial charge >= 0.3 is 11.9 Å². The van der Waals surface area contributed by atoms with Crippen LogP contribution in [0.1, 0.15) is 35.3 Å². The van der Waals surface area contributed by atoms with Gasteiger partial charge in [-0.25, -0.2) is 4.79 Å². The van der Waals surface area contributed by atoms with Crippen molar-refractivity contribution in [3.8, 4) is 0 Å². The van der Waals surface area contributed by atoms with Gasteiger partial charge in [0, 0.05) is 19.2 Å². The number of hydrogen-bond acceptors (Lipinski definition) is 4. The van der Waals surface area contributed by atoms with E-state index in [2.05, 4.69) is 10.4 Å². The summed E-state index contributed by atoms with van der Waals surface area (Å²) in [4.78, 5) is 33.4. The lowest BCUT2D eigenvalue weighted by Gasteiger charge is -2.13. The van der Waals surface area contributed by atoms with Crippen LogP contribution >= 0.6 is 0 Å². The second-order valence-corrected chi connectivity index (χ2v) is 4.42. The Labute approximate surface area is 115 Å². The van der Waals surface area contributed by atoms with Gasteiger partial charge in [-0.3, -0.25) is 14.3 Å². The van der Waals surface area contributed by atoms with Crippen LogP contribution in [0.4, 0.5) is 0 Å². The highest BCUT2D eigenvalue weighted by atomic mass is 16.4. The Hall–Kier alpha value is -2.38. The van der Waals surface area contributed by atoms with Crippen molar-refractivity contribution in [1.82, 2.24) is 15.1 Å². The number of hydrogen-bond donors (Lipinski definition) is 3. The first-order valence-electron chi connectivity index (χ1n) is 6.07. The summed E-state index contributed by atoms with van der Waals surface area (Å²) in [7, 11) is 1.67. The van der Waals surface area contributed by atoms with E-state index in [4.69, 9.17) is 10.2 Å². The van der Waals surface area contributed by atoms with E-state index in [9.17, 15) is 14.4 Å². The fourth-order valence-corrected chi connectivity index (χ4v) is 1.67. The first-order valence-corrected chi connectivity index (χ1v) is 6.07. The zero-order valence-corrected chi connectivity index (χ0v) is 11.3. The van der Waals surface area contributed by atoms with Gasteiger partial charge in [0.05, 0.1) is 11.8 Å². The van der Waals surface area contributed by atoms with Gasteiger partial charge in [-0.05, 0) is 19.8 Å². The Bertz CT molecular complexity index is 523. The smallest absolute Gasteiger partial charge is 0.326 e. The van der Waals surface area contributed by atoms with E-state index < -0.39 is 23.9 Å². The lowest BCUT2D eigenvalue weighted by atomic mass is 10.1. The first-order chi connectivity index (χ1) is 9.32. The summed E-state index contributed by atoms with van der Waals surface area (Å²) >= 11 is 0. The highest BCUT2D eigenvalue weighted by molar-refractivity contribution is 5.97. The number of rotatable bonds is 7. The molecular formula is C12H17N3O5. The van der Waals surface area contributed by atoms with E-state index in [0.717, 1.165) is 0 Å². The Morgan fingerprint density at radius 1 is 1.40 bits per heavy atom. The molecule has 20 heavy (non-hydrogen) atoms. The van der Waals surface area contributed by atoms with E-state index >= 15 is 0 Å². The minimum atomic E-state index is -1.19. The van der Waals surface area contributed by atoms with Crippen molar-refractivity contribution in [1.29, 1.82) is 0 Å². The third kappa shape index (κ3) is 4.08. The predicted octanol–water partition coefficient (Wildman–Crippen LogP) is 0.166. The number of carboxylic acids is 2. The highest BCUT2D eigenvalue weighted by Gasteiger charge is 2.22. The van der Waals surface area contributed by atoms with Gasteiger partial charge in [0.15, 0.2) is 0 Å². The van der Waals surface area contributed by atoms with Crippen molar-refractivity contribution in [3.63, 3.8) is 0 Å². The van der Waals surface area contributed by atoms with Crippen molar-refractivity contribution in [2.45, 2.75) is 32.2 Å². The molecule has 0 aliphatic heterocycles. The van der Waals surface area contributed by atoms with Crippen LogP contribution in [0.25, 0.3) is 0 Å². The summed E-state index contributed by atoms with van der Waals surface area (Å²) in [5.74, 6) is -2.72. The van der Waals surface area contributed by atoms with Crippen LogP contribution in [-0.2, 0) is 16.6 Å². The molecule has 110 valence electrons. The lowest BCUT2D eigenvalue weighted by molar-refractivity contribution is -0.140. The fourth-order valence-electron chi connectivity index (χ4n) is 1.67. The summed E-state index contributed by atoms with van der Waals surface area (Å²) in [6.45, 7) is 1.70. The number of aryl methyl sites for hydroxylation is 1. The Morgan fingerprint density at radius 2 is 2.05 bits per heavy atom. The molecule has 0 fully saturated rings. The van der Waals surface area contributed by atoms with Crippen LogP contribution in [0.3, 0.4) is 0 Å². The molecule has 1 atom stereocenters. The van der Waals surface area contributed by atoms with Crippen LogP contribution in [0.15, 0.2) is 6.20 Å². The number of aromatic nitrogens is 2. The summed E-state index contributed by atoms with van der Waals surface area (Å²) < 4.78 is 1.51. The molecule has 0 aliphatic rings. The minimum absolute atomic E-state index is 0.0622. The maximum Gasteiger partial charge on any atom is 0.326 e. The van der Waals surface area contributed by atoms with E-state index in [-0.39, 0.29) is 19.3 Å². The molecular weight excluding hydrogens is 266 g/mol. The predicted molar refractivity (Wildman–Crippen MR) is 68.3 cm³/mol. The van der Waals surface area contributed by atoms with Crippen LogP contribution in [0.5, 0.6) is 0 Å². The van der Waals surface area contributed by atoms with Crippen molar-refractivity contribution in [2.24, 2.45) is 7.05 Å². The third-order valence-electron chi connectivity index (χ3n) is 2.97. The SMILES string of the molecule is Cc1c(C(=O)N[C@H](CCCC(=O)O)C(=O)O)cnn1C. The fraction of sp³-hybridized carbons (Fsp3) is 0.500. The van der Waals surface area contributed by atoms with E-state index in [1.165, 1.54) is 10.9 Å². The molecule has 0 bridgehead atoms. The van der Waals surface area contributed by atoms with Crippen LogP contribution in [0, 0.1) is 6.92 Å². The molecule has 1 aromatic heterocycles. The quantitative estimate of drug-likeness (QED) is 0.655. The topological polar surface area (TPSA) is 122 Å². The van der Waals surface area contributed by atoms with Gasteiger partial charge in [-0.1, -0.05) is 0 Å². The average molecular weight is 283 g/mol. The van der Waals surface area contributed by atoms with Gasteiger partial charge in [0.1, 0.15) is 6.04 Å². The lowest BCUT2D eigenvalue weighted by Crippen LogP contribution is -2.41. The molecule has 3 N–H and O–H groups in total. The molecule has 1 aromatic rings. The third-order valence-corrected chi connectivity index (χ3v) is 2.97. The number of carbonyl (C=O) groups excluding carboxylic acids is 1. The molecule has 0 unspecified atom stereocenters. The van der Waals surface area contributed by atoms with Crippen molar-refractivity contribution in [3.05, 3.63) is 17.5 Å². The highest BCUT2D eigenvalue weighted by Crippen LogP contribution is 2.08. The second-order valence-electron chi connectivity index (χ2n) is 4.42. The molecule has 1 rings (SSSR count). The summed E-state index contributed by atoms with van der Waals surface area (Å²) in [6.07, 6.45) is 1.47. The Balaban J connectivity index is 2.66. The monoisotopic (exact) mass is 283 g/mol. The van der Waals surface area contributed by atoms with Gasteiger partial charge in [-0.2, -0.15) is 5.10 Å². The number of amides is 1. The molecule has 0 aliphatic carbocycles. The van der Waals surface area contributed by atoms with Crippen LogP contribution in [0.2, 0.25) is 0 Å². The summed E-state index contributed by atoms with van der Waals surface area (Å²) in [6, 6.07) is -1.11. The molecule has 1 amide bonds. The minimum Gasteiger partial charge on any atom is -0.481 e. The molecule has 8 nitrogen and oxygen atoms in total. The van der Waals surface area contributed by atoms with Gasteiger partial charge in [0.25, 0.3) is 5.91 Å².